The molecule has 3 rings (SSSR count). The van der Waals surface area contributed by atoms with E-state index in [-0.39, 0.29) is 0 Å². The normalized spacial score (nSPS) is 18.0. The largest absolute Gasteiger partial charge is 0.357 e. The van der Waals surface area contributed by atoms with E-state index in [9.17, 15) is 0 Å². The molecule has 1 aliphatic heterocycles. The molecule has 0 amide bonds. The van der Waals surface area contributed by atoms with Crippen LogP contribution in [0.25, 0.3) is 0 Å². The van der Waals surface area contributed by atoms with Crippen molar-refractivity contribution in [3.63, 3.8) is 0 Å². The second-order valence-corrected chi connectivity index (χ2v) is 7.27. The van der Waals surface area contributed by atoms with Gasteiger partial charge < -0.3 is 10.2 Å². The first-order valence-corrected chi connectivity index (χ1v) is 9.47. The van der Waals surface area contributed by atoms with Crippen LogP contribution >= 0.6 is 0 Å². The van der Waals surface area contributed by atoms with Crippen molar-refractivity contribution in [1.29, 1.82) is 0 Å². The molecule has 0 aromatic carbocycles. The van der Waals surface area contributed by atoms with Crippen LogP contribution in [0.5, 0.6) is 0 Å². The molecular formula is C19H31N7. The molecule has 1 fully saturated rings. The Labute approximate surface area is 156 Å². The highest BCUT2D eigenvalue weighted by Crippen LogP contribution is 2.21. The molecule has 26 heavy (non-hydrogen) atoms. The van der Waals surface area contributed by atoms with Crippen LogP contribution in [0.1, 0.15) is 35.9 Å². The number of likely N-dealkylation sites (tertiary alicyclic amines) is 1. The van der Waals surface area contributed by atoms with Crippen molar-refractivity contribution < 1.29 is 0 Å². The number of nitrogens with zero attached hydrogens (tertiary/aromatic N) is 6. The number of hydrogen-bond acceptors (Lipinski definition) is 3. The van der Waals surface area contributed by atoms with E-state index in [0.717, 1.165) is 37.7 Å². The number of hydrogen-bond donors (Lipinski definition) is 1. The molecule has 0 saturated carbocycles. The monoisotopic (exact) mass is 357 g/mol. The molecule has 2 aromatic rings. The minimum atomic E-state index is 0.657. The zero-order valence-corrected chi connectivity index (χ0v) is 16.7. The van der Waals surface area contributed by atoms with Crippen molar-refractivity contribution >= 4 is 5.96 Å². The van der Waals surface area contributed by atoms with E-state index in [1.165, 1.54) is 23.2 Å². The molecule has 2 aromatic heterocycles. The Morgan fingerprint density at radius 3 is 2.77 bits per heavy atom. The maximum absolute atomic E-state index is 4.91. The predicted octanol–water partition coefficient (Wildman–Crippen LogP) is 1.80. The Bertz CT molecular complexity index is 771. The van der Waals surface area contributed by atoms with Gasteiger partial charge in [-0.3, -0.25) is 9.36 Å². The van der Waals surface area contributed by atoms with Gasteiger partial charge in [0.2, 0.25) is 0 Å². The Kier molecular flexibility index (Phi) is 5.64. The van der Waals surface area contributed by atoms with Gasteiger partial charge in [0.25, 0.3) is 0 Å². The van der Waals surface area contributed by atoms with Crippen LogP contribution in [0.4, 0.5) is 0 Å². The molecular weight excluding hydrogens is 326 g/mol. The van der Waals surface area contributed by atoms with Crippen LogP contribution in [-0.2, 0) is 27.1 Å². The van der Waals surface area contributed by atoms with Gasteiger partial charge in [-0.15, -0.1) is 0 Å². The fourth-order valence-electron chi connectivity index (χ4n) is 3.73. The molecule has 0 bridgehead atoms. The van der Waals surface area contributed by atoms with Gasteiger partial charge in [-0.1, -0.05) is 0 Å². The van der Waals surface area contributed by atoms with E-state index in [1.54, 1.807) is 0 Å². The van der Waals surface area contributed by atoms with Crippen molar-refractivity contribution in [3.05, 3.63) is 34.9 Å². The predicted molar refractivity (Wildman–Crippen MR) is 104 cm³/mol. The van der Waals surface area contributed by atoms with E-state index in [1.807, 2.05) is 29.7 Å². The molecule has 3 heterocycles. The molecule has 7 nitrogen and oxygen atoms in total. The van der Waals surface area contributed by atoms with Gasteiger partial charge in [-0.25, -0.2) is 4.99 Å². The Morgan fingerprint density at radius 2 is 2.15 bits per heavy atom. The first-order chi connectivity index (χ1) is 12.5. The summed E-state index contributed by atoms with van der Waals surface area (Å²) in [5, 5.41) is 12.2. The third-order valence-corrected chi connectivity index (χ3v) is 5.25. The number of guanidine groups is 1. The van der Waals surface area contributed by atoms with Crippen molar-refractivity contribution in [1.82, 2.24) is 29.8 Å². The highest BCUT2D eigenvalue weighted by molar-refractivity contribution is 5.80. The van der Waals surface area contributed by atoms with Gasteiger partial charge >= 0.3 is 0 Å². The van der Waals surface area contributed by atoms with Crippen molar-refractivity contribution in [3.8, 4) is 0 Å². The molecule has 1 N–H and O–H groups in total. The molecule has 1 saturated heterocycles. The zero-order chi connectivity index (χ0) is 18.7. The van der Waals surface area contributed by atoms with Crippen LogP contribution in [0.3, 0.4) is 0 Å². The third kappa shape index (κ3) is 4.08. The van der Waals surface area contributed by atoms with Crippen LogP contribution in [-0.4, -0.2) is 50.1 Å². The molecule has 0 radical (unpaired) electrons. The lowest BCUT2D eigenvalue weighted by molar-refractivity contribution is 0.460. The quantitative estimate of drug-likeness (QED) is 0.655. The summed E-state index contributed by atoms with van der Waals surface area (Å²) in [4.78, 5) is 7.30. The van der Waals surface area contributed by atoms with E-state index in [0.29, 0.717) is 12.5 Å². The number of aromatic nitrogens is 4. The van der Waals surface area contributed by atoms with E-state index in [2.05, 4.69) is 47.4 Å². The number of rotatable bonds is 5. The second-order valence-electron chi connectivity index (χ2n) is 7.27. The van der Waals surface area contributed by atoms with Gasteiger partial charge in [0.05, 0.1) is 18.4 Å². The Morgan fingerprint density at radius 1 is 1.35 bits per heavy atom. The maximum atomic E-state index is 4.91. The fraction of sp³-hybridized carbons (Fsp3) is 0.632. The number of aryl methyl sites for hydroxylation is 3. The summed E-state index contributed by atoms with van der Waals surface area (Å²) in [6.07, 6.45) is 6.39. The van der Waals surface area contributed by atoms with Crippen LogP contribution in [0.2, 0.25) is 0 Å². The summed E-state index contributed by atoms with van der Waals surface area (Å²) < 4.78 is 3.82. The number of aliphatic imine (C=N–C) groups is 1. The third-order valence-electron chi connectivity index (χ3n) is 5.25. The van der Waals surface area contributed by atoms with Gasteiger partial charge in [0, 0.05) is 51.2 Å². The Balaban J connectivity index is 1.66. The highest BCUT2D eigenvalue weighted by atomic mass is 15.3. The van der Waals surface area contributed by atoms with Crippen LogP contribution < -0.4 is 5.32 Å². The smallest absolute Gasteiger partial charge is 0.194 e. The second kappa shape index (κ2) is 7.93. The van der Waals surface area contributed by atoms with Gasteiger partial charge in [0.15, 0.2) is 5.96 Å². The summed E-state index contributed by atoms with van der Waals surface area (Å²) in [5.41, 5.74) is 4.82. The summed E-state index contributed by atoms with van der Waals surface area (Å²) in [5.74, 6) is 1.67. The lowest BCUT2D eigenvalue weighted by atomic mass is 10.0. The van der Waals surface area contributed by atoms with E-state index in [4.69, 9.17) is 4.99 Å². The summed E-state index contributed by atoms with van der Waals surface area (Å²) in [7, 11) is 3.97. The van der Waals surface area contributed by atoms with Crippen LogP contribution in [0, 0.1) is 19.8 Å². The van der Waals surface area contributed by atoms with Gasteiger partial charge in [0.1, 0.15) is 0 Å². The van der Waals surface area contributed by atoms with Crippen molar-refractivity contribution in [2.75, 3.05) is 19.6 Å². The SMILES string of the molecule is CCNC(=NCc1c(C)nn(C)c1C)N1CCC(Cc2cnn(C)c2)C1. The summed E-state index contributed by atoms with van der Waals surface area (Å²) in [6, 6.07) is 0. The van der Waals surface area contributed by atoms with Crippen molar-refractivity contribution in [2.24, 2.45) is 25.0 Å². The molecule has 0 aliphatic carbocycles. The molecule has 7 heteroatoms. The van der Waals surface area contributed by atoms with E-state index < -0.39 is 0 Å². The Hall–Kier alpha value is -2.31. The van der Waals surface area contributed by atoms with Crippen molar-refractivity contribution in [2.45, 2.75) is 40.2 Å². The molecule has 1 atom stereocenters. The number of nitrogens with one attached hydrogen (secondary N) is 1. The topological polar surface area (TPSA) is 63.3 Å². The lowest BCUT2D eigenvalue weighted by Crippen LogP contribution is -2.40. The summed E-state index contributed by atoms with van der Waals surface area (Å²) >= 11 is 0. The van der Waals surface area contributed by atoms with Gasteiger partial charge in [-0.05, 0) is 45.1 Å². The first-order valence-electron chi connectivity index (χ1n) is 9.47. The van der Waals surface area contributed by atoms with Gasteiger partial charge in [-0.2, -0.15) is 10.2 Å². The highest BCUT2D eigenvalue weighted by Gasteiger charge is 2.25. The fourth-order valence-corrected chi connectivity index (χ4v) is 3.73. The lowest BCUT2D eigenvalue weighted by Gasteiger charge is -2.21. The molecule has 1 unspecified atom stereocenters. The molecule has 0 spiro atoms. The average Bonchev–Trinajstić information content (AvgIpc) is 3.28. The molecule has 1 aliphatic rings. The minimum absolute atomic E-state index is 0.657. The zero-order valence-electron chi connectivity index (χ0n) is 16.7. The first kappa shape index (κ1) is 18.5. The summed E-state index contributed by atoms with van der Waals surface area (Å²) in [6.45, 7) is 9.96. The van der Waals surface area contributed by atoms with Crippen LogP contribution in [0.15, 0.2) is 17.4 Å². The average molecular weight is 358 g/mol. The molecule has 142 valence electrons. The minimum Gasteiger partial charge on any atom is -0.357 e. The standard InChI is InChI=1S/C19H31N7/c1-6-20-19(21-11-18-14(2)23-25(5)15(18)3)26-8-7-16(13-26)9-17-10-22-24(4)12-17/h10,12,16H,6-9,11,13H2,1-5H3,(H,20,21). The van der Waals surface area contributed by atoms with E-state index >= 15 is 0 Å². The maximum Gasteiger partial charge on any atom is 0.194 e.